The lowest BCUT2D eigenvalue weighted by Gasteiger charge is -2.29. The van der Waals surface area contributed by atoms with E-state index in [1.807, 2.05) is 13.1 Å². The van der Waals surface area contributed by atoms with Gasteiger partial charge in [0.15, 0.2) is 5.96 Å². The maximum absolute atomic E-state index is 5.97. The molecular formula is C23H39IN4O2. The highest BCUT2D eigenvalue weighted by Crippen LogP contribution is 2.25. The van der Waals surface area contributed by atoms with E-state index < -0.39 is 0 Å². The van der Waals surface area contributed by atoms with Gasteiger partial charge in [-0.3, -0.25) is 9.89 Å². The second-order valence-electron chi connectivity index (χ2n) is 9.11. The molecule has 2 aliphatic rings. The zero-order valence-electron chi connectivity index (χ0n) is 19.0. The molecule has 7 heteroatoms. The van der Waals surface area contributed by atoms with Gasteiger partial charge in [0.25, 0.3) is 0 Å². The van der Waals surface area contributed by atoms with E-state index in [1.54, 1.807) is 0 Å². The predicted octanol–water partition coefficient (Wildman–Crippen LogP) is 3.21. The van der Waals surface area contributed by atoms with Gasteiger partial charge >= 0.3 is 0 Å². The van der Waals surface area contributed by atoms with Gasteiger partial charge in [0, 0.05) is 39.8 Å². The number of halogens is 1. The normalized spacial score (nSPS) is 20.7. The summed E-state index contributed by atoms with van der Waals surface area (Å²) in [6, 6.07) is 8.40. The van der Waals surface area contributed by atoms with Gasteiger partial charge in [-0.1, -0.05) is 32.9 Å². The largest absolute Gasteiger partial charge is 0.492 e. The van der Waals surface area contributed by atoms with Crippen LogP contribution in [-0.2, 0) is 10.2 Å². The van der Waals surface area contributed by atoms with Gasteiger partial charge in [-0.05, 0) is 35.4 Å². The number of guanidine groups is 1. The molecular weight excluding hydrogens is 491 g/mol. The summed E-state index contributed by atoms with van der Waals surface area (Å²) in [6.45, 7) is 15.2. The molecule has 1 unspecified atom stereocenters. The molecule has 2 heterocycles. The Labute approximate surface area is 199 Å². The number of hydrogen-bond acceptors (Lipinski definition) is 4. The quantitative estimate of drug-likeness (QED) is 0.265. The minimum atomic E-state index is 0. The molecule has 2 fully saturated rings. The third-order valence-electron chi connectivity index (χ3n) is 5.77. The fourth-order valence-corrected chi connectivity index (χ4v) is 4.04. The van der Waals surface area contributed by atoms with Crippen LogP contribution in [0.4, 0.5) is 0 Å². The molecule has 3 rings (SSSR count). The minimum Gasteiger partial charge on any atom is -0.492 e. The van der Waals surface area contributed by atoms with E-state index in [2.05, 4.69) is 59.1 Å². The summed E-state index contributed by atoms with van der Waals surface area (Å²) in [5.74, 6) is 2.63. The van der Waals surface area contributed by atoms with Gasteiger partial charge < -0.3 is 19.7 Å². The van der Waals surface area contributed by atoms with Gasteiger partial charge in [-0.2, -0.15) is 0 Å². The van der Waals surface area contributed by atoms with E-state index in [4.69, 9.17) is 9.47 Å². The lowest BCUT2D eigenvalue weighted by Crippen LogP contribution is -2.43. The standard InChI is InChI=1S/C23H38N4O2.HI/c1-23(2,3)20-6-5-7-21(16-20)29-13-9-25-22(24-4)27-10-8-19(18-27)17-26-11-14-28-15-12-26;/h5-7,16,19H,8-15,17-18H2,1-4H3,(H,24,25);1H. The van der Waals surface area contributed by atoms with Crippen molar-refractivity contribution in [2.45, 2.75) is 32.6 Å². The first-order chi connectivity index (χ1) is 14.0. The molecule has 1 atom stereocenters. The molecule has 0 radical (unpaired) electrons. The molecule has 1 aromatic carbocycles. The highest BCUT2D eigenvalue weighted by Gasteiger charge is 2.27. The van der Waals surface area contributed by atoms with Crippen molar-refractivity contribution in [1.29, 1.82) is 0 Å². The van der Waals surface area contributed by atoms with Crippen molar-refractivity contribution in [3.63, 3.8) is 0 Å². The molecule has 6 nitrogen and oxygen atoms in total. The average Bonchev–Trinajstić information content (AvgIpc) is 3.16. The molecule has 0 aromatic heterocycles. The van der Waals surface area contributed by atoms with Crippen LogP contribution in [-0.4, -0.2) is 81.9 Å². The Morgan fingerprint density at radius 1 is 1.23 bits per heavy atom. The first kappa shape index (κ1) is 25.2. The van der Waals surface area contributed by atoms with Crippen molar-refractivity contribution >= 4 is 29.9 Å². The summed E-state index contributed by atoms with van der Waals surface area (Å²) < 4.78 is 11.4. The minimum absolute atomic E-state index is 0. The fraction of sp³-hybridized carbons (Fsp3) is 0.696. The van der Waals surface area contributed by atoms with E-state index in [0.29, 0.717) is 12.5 Å². The summed E-state index contributed by atoms with van der Waals surface area (Å²) in [6.07, 6.45) is 1.23. The van der Waals surface area contributed by atoms with Crippen LogP contribution >= 0.6 is 24.0 Å². The molecule has 2 aliphatic heterocycles. The van der Waals surface area contributed by atoms with E-state index >= 15 is 0 Å². The number of nitrogens with zero attached hydrogens (tertiary/aromatic N) is 3. The molecule has 1 N–H and O–H groups in total. The Balaban J connectivity index is 0.00000320. The van der Waals surface area contributed by atoms with Gasteiger partial charge in [0.1, 0.15) is 12.4 Å². The van der Waals surface area contributed by atoms with Crippen LogP contribution < -0.4 is 10.1 Å². The number of nitrogens with one attached hydrogen (secondary N) is 1. The average molecular weight is 530 g/mol. The Kier molecular flexibility index (Phi) is 10.2. The Bertz CT molecular complexity index is 671. The van der Waals surface area contributed by atoms with Gasteiger partial charge in [0.2, 0.25) is 0 Å². The SMILES string of the molecule is CN=C(NCCOc1cccc(C(C)(C)C)c1)N1CCC(CN2CCOCC2)C1.I. The maximum Gasteiger partial charge on any atom is 0.193 e. The van der Waals surface area contributed by atoms with Crippen LogP contribution in [0.5, 0.6) is 5.75 Å². The van der Waals surface area contributed by atoms with Gasteiger partial charge in [-0.15, -0.1) is 24.0 Å². The van der Waals surface area contributed by atoms with Crippen LogP contribution in [0.3, 0.4) is 0 Å². The number of hydrogen-bond donors (Lipinski definition) is 1. The van der Waals surface area contributed by atoms with Crippen molar-refractivity contribution in [3.8, 4) is 5.75 Å². The number of aliphatic imine (C=N–C) groups is 1. The molecule has 0 spiro atoms. The predicted molar refractivity (Wildman–Crippen MR) is 134 cm³/mol. The Morgan fingerprint density at radius 2 is 2.00 bits per heavy atom. The van der Waals surface area contributed by atoms with Gasteiger partial charge in [-0.25, -0.2) is 0 Å². The fourth-order valence-electron chi connectivity index (χ4n) is 4.04. The van der Waals surface area contributed by atoms with Crippen molar-refractivity contribution in [1.82, 2.24) is 15.1 Å². The highest BCUT2D eigenvalue weighted by molar-refractivity contribution is 14.0. The lowest BCUT2D eigenvalue weighted by molar-refractivity contribution is 0.0315. The summed E-state index contributed by atoms with van der Waals surface area (Å²) in [5.41, 5.74) is 1.43. The molecule has 0 amide bonds. The summed E-state index contributed by atoms with van der Waals surface area (Å²) >= 11 is 0. The number of benzene rings is 1. The van der Waals surface area contributed by atoms with E-state index in [-0.39, 0.29) is 29.4 Å². The van der Waals surface area contributed by atoms with Crippen LogP contribution in [0.1, 0.15) is 32.8 Å². The number of morpholine rings is 1. The van der Waals surface area contributed by atoms with Gasteiger partial charge in [0.05, 0.1) is 19.8 Å². The monoisotopic (exact) mass is 530 g/mol. The first-order valence-corrected chi connectivity index (χ1v) is 10.9. The molecule has 0 aliphatic carbocycles. The molecule has 170 valence electrons. The number of rotatable bonds is 6. The highest BCUT2D eigenvalue weighted by atomic mass is 127. The zero-order valence-corrected chi connectivity index (χ0v) is 21.4. The van der Waals surface area contributed by atoms with Crippen molar-refractivity contribution in [3.05, 3.63) is 29.8 Å². The maximum atomic E-state index is 5.97. The topological polar surface area (TPSA) is 49.3 Å². The van der Waals surface area contributed by atoms with Crippen molar-refractivity contribution in [2.75, 3.05) is 66.1 Å². The second kappa shape index (κ2) is 12.1. The third-order valence-corrected chi connectivity index (χ3v) is 5.77. The smallest absolute Gasteiger partial charge is 0.193 e. The summed E-state index contributed by atoms with van der Waals surface area (Å²) in [7, 11) is 1.87. The first-order valence-electron chi connectivity index (χ1n) is 10.9. The van der Waals surface area contributed by atoms with E-state index in [9.17, 15) is 0 Å². The van der Waals surface area contributed by atoms with Crippen LogP contribution in [0.2, 0.25) is 0 Å². The molecule has 2 saturated heterocycles. The van der Waals surface area contributed by atoms with Crippen molar-refractivity contribution in [2.24, 2.45) is 10.9 Å². The van der Waals surface area contributed by atoms with Crippen LogP contribution in [0.25, 0.3) is 0 Å². The molecule has 0 saturated carbocycles. The molecule has 0 bridgehead atoms. The number of likely N-dealkylation sites (tertiary alicyclic amines) is 1. The molecule has 1 aromatic rings. The van der Waals surface area contributed by atoms with E-state index in [0.717, 1.165) is 57.6 Å². The summed E-state index contributed by atoms with van der Waals surface area (Å²) in [5, 5.41) is 3.47. The van der Waals surface area contributed by atoms with Crippen LogP contribution in [0, 0.1) is 5.92 Å². The third kappa shape index (κ3) is 7.57. The Hall–Kier alpha value is -1.06. The number of ether oxygens (including phenoxy) is 2. The summed E-state index contributed by atoms with van der Waals surface area (Å²) in [4.78, 5) is 9.40. The Morgan fingerprint density at radius 3 is 2.70 bits per heavy atom. The lowest BCUT2D eigenvalue weighted by atomic mass is 9.87. The second-order valence-corrected chi connectivity index (χ2v) is 9.11. The molecule has 30 heavy (non-hydrogen) atoms. The van der Waals surface area contributed by atoms with Crippen molar-refractivity contribution < 1.29 is 9.47 Å². The van der Waals surface area contributed by atoms with E-state index in [1.165, 1.54) is 18.5 Å². The zero-order chi connectivity index (χ0) is 20.7. The van der Waals surface area contributed by atoms with Crippen LogP contribution in [0.15, 0.2) is 29.3 Å².